The van der Waals surface area contributed by atoms with Crippen molar-refractivity contribution < 1.29 is 14.3 Å². The number of rotatable bonds is 3. The molecule has 2 N–H and O–H groups in total. The predicted octanol–water partition coefficient (Wildman–Crippen LogP) is 2.41. The number of ether oxygens (including phenoxy) is 1. The van der Waals surface area contributed by atoms with E-state index in [0.717, 1.165) is 12.8 Å². The molecule has 0 aliphatic heterocycles. The Balaban J connectivity index is 1.93. The lowest BCUT2D eigenvalue weighted by molar-refractivity contribution is 0.0600. The summed E-state index contributed by atoms with van der Waals surface area (Å²) in [5, 5.41) is 6.17. The van der Waals surface area contributed by atoms with E-state index >= 15 is 0 Å². The largest absolute Gasteiger partial charge is 0.465 e. The van der Waals surface area contributed by atoms with Gasteiger partial charge in [0.05, 0.1) is 12.7 Å². The number of amides is 1. The minimum Gasteiger partial charge on any atom is -0.465 e. The van der Waals surface area contributed by atoms with Crippen molar-refractivity contribution in [3.8, 4) is 0 Å². The highest BCUT2D eigenvalue weighted by atomic mass is 32.1. The third kappa shape index (κ3) is 4.53. The second-order valence-corrected chi connectivity index (χ2v) is 5.74. The fraction of sp³-hybridized carbons (Fsp3) is 0.438. The monoisotopic (exact) mass is 320 g/mol. The molecule has 0 spiro atoms. The van der Waals surface area contributed by atoms with Gasteiger partial charge in [-0.25, -0.2) is 4.79 Å². The van der Waals surface area contributed by atoms with Crippen LogP contribution in [0.25, 0.3) is 0 Å². The number of esters is 1. The number of hydrogen-bond donors (Lipinski definition) is 2. The van der Waals surface area contributed by atoms with Gasteiger partial charge in [0.1, 0.15) is 0 Å². The number of methoxy groups -OCH3 is 1. The van der Waals surface area contributed by atoms with Gasteiger partial charge in [-0.3, -0.25) is 10.1 Å². The Hall–Kier alpha value is -1.95. The summed E-state index contributed by atoms with van der Waals surface area (Å²) in [6.45, 7) is 0. The Morgan fingerprint density at radius 2 is 1.86 bits per heavy atom. The van der Waals surface area contributed by atoms with Crippen LogP contribution in [0, 0.1) is 0 Å². The van der Waals surface area contributed by atoms with Crippen molar-refractivity contribution in [2.45, 2.75) is 38.1 Å². The maximum atomic E-state index is 12.2. The number of hydrogen-bond acceptors (Lipinski definition) is 4. The molecular formula is C16H20N2O3S. The van der Waals surface area contributed by atoms with Crippen LogP contribution in [0.5, 0.6) is 0 Å². The maximum absolute atomic E-state index is 12.2. The van der Waals surface area contributed by atoms with Crippen molar-refractivity contribution in [3.63, 3.8) is 0 Å². The van der Waals surface area contributed by atoms with Crippen molar-refractivity contribution >= 4 is 29.2 Å². The summed E-state index contributed by atoms with van der Waals surface area (Å²) in [5.41, 5.74) is 0.706. The molecule has 118 valence electrons. The molecule has 5 nitrogen and oxygen atoms in total. The van der Waals surface area contributed by atoms with Gasteiger partial charge in [-0.15, -0.1) is 0 Å². The summed E-state index contributed by atoms with van der Waals surface area (Å²) in [7, 11) is 1.30. The Labute approximate surface area is 135 Å². The van der Waals surface area contributed by atoms with Gasteiger partial charge >= 0.3 is 5.97 Å². The summed E-state index contributed by atoms with van der Waals surface area (Å²) in [6.07, 6.45) is 5.80. The van der Waals surface area contributed by atoms with Crippen LogP contribution in [-0.4, -0.2) is 30.1 Å². The van der Waals surface area contributed by atoms with Gasteiger partial charge in [0, 0.05) is 11.6 Å². The van der Waals surface area contributed by atoms with Gasteiger partial charge in [0.2, 0.25) is 0 Å². The van der Waals surface area contributed by atoms with Crippen LogP contribution in [0.15, 0.2) is 24.3 Å². The van der Waals surface area contributed by atoms with Crippen molar-refractivity contribution in [2.24, 2.45) is 0 Å². The molecule has 1 aromatic carbocycles. The van der Waals surface area contributed by atoms with E-state index < -0.39 is 5.97 Å². The molecule has 2 rings (SSSR count). The topological polar surface area (TPSA) is 67.4 Å². The van der Waals surface area contributed by atoms with Crippen molar-refractivity contribution in [1.29, 1.82) is 0 Å². The molecule has 1 aromatic rings. The molecule has 1 aliphatic carbocycles. The zero-order valence-electron chi connectivity index (χ0n) is 12.6. The number of thiocarbonyl (C=S) groups is 1. The minimum absolute atomic E-state index is 0.334. The van der Waals surface area contributed by atoms with E-state index in [4.69, 9.17) is 12.2 Å². The quantitative estimate of drug-likeness (QED) is 0.661. The fourth-order valence-electron chi connectivity index (χ4n) is 2.55. The Morgan fingerprint density at radius 1 is 1.18 bits per heavy atom. The van der Waals surface area contributed by atoms with E-state index in [2.05, 4.69) is 15.4 Å². The number of carbonyl (C=O) groups is 2. The number of benzene rings is 1. The number of nitrogens with one attached hydrogen (secondary N) is 2. The summed E-state index contributed by atoms with van der Waals surface area (Å²) in [6, 6.07) is 6.69. The average molecular weight is 320 g/mol. The van der Waals surface area contributed by atoms with E-state index in [1.807, 2.05) is 0 Å². The van der Waals surface area contributed by atoms with E-state index in [-0.39, 0.29) is 5.91 Å². The van der Waals surface area contributed by atoms with E-state index in [1.54, 1.807) is 18.2 Å². The van der Waals surface area contributed by atoms with Gasteiger partial charge in [-0.1, -0.05) is 25.3 Å². The lowest BCUT2D eigenvalue weighted by atomic mass is 9.96. The fourth-order valence-corrected chi connectivity index (χ4v) is 2.81. The Bertz CT molecular complexity index is 568. The molecule has 0 aromatic heterocycles. The highest BCUT2D eigenvalue weighted by Gasteiger charge is 2.16. The predicted molar refractivity (Wildman–Crippen MR) is 87.9 cm³/mol. The molecule has 0 radical (unpaired) electrons. The highest BCUT2D eigenvalue weighted by molar-refractivity contribution is 7.80. The van der Waals surface area contributed by atoms with Crippen LogP contribution in [0.4, 0.5) is 0 Å². The van der Waals surface area contributed by atoms with Gasteiger partial charge in [0.25, 0.3) is 5.91 Å². The van der Waals surface area contributed by atoms with E-state index in [1.165, 1.54) is 32.4 Å². The second kappa shape index (κ2) is 7.89. The first kappa shape index (κ1) is 16.4. The average Bonchev–Trinajstić information content (AvgIpc) is 2.55. The number of carbonyl (C=O) groups excluding carboxylic acids is 2. The molecule has 22 heavy (non-hydrogen) atoms. The van der Waals surface area contributed by atoms with Gasteiger partial charge in [-0.2, -0.15) is 0 Å². The standard InChI is InChI=1S/C16H20N2O3S/c1-21-15(20)12-7-5-6-11(10-12)14(19)18-16(22)17-13-8-3-2-4-9-13/h5-7,10,13H,2-4,8-9H2,1H3,(H2,17,18,19,22). The van der Waals surface area contributed by atoms with Crippen LogP contribution in [-0.2, 0) is 4.74 Å². The second-order valence-electron chi connectivity index (χ2n) is 5.33. The van der Waals surface area contributed by atoms with E-state index in [0.29, 0.717) is 22.3 Å². The Morgan fingerprint density at radius 3 is 2.55 bits per heavy atom. The minimum atomic E-state index is -0.474. The zero-order valence-corrected chi connectivity index (χ0v) is 13.4. The molecule has 1 amide bonds. The summed E-state index contributed by atoms with van der Waals surface area (Å²) >= 11 is 5.18. The van der Waals surface area contributed by atoms with Gasteiger partial charge in [-0.05, 0) is 43.3 Å². The molecule has 6 heteroatoms. The van der Waals surface area contributed by atoms with Crippen LogP contribution in [0.3, 0.4) is 0 Å². The lowest BCUT2D eigenvalue weighted by Gasteiger charge is -2.24. The first-order chi connectivity index (χ1) is 10.6. The maximum Gasteiger partial charge on any atom is 0.337 e. The molecule has 0 heterocycles. The smallest absolute Gasteiger partial charge is 0.337 e. The molecule has 0 saturated heterocycles. The summed E-state index contributed by atoms with van der Waals surface area (Å²) in [4.78, 5) is 23.7. The molecule has 1 fully saturated rings. The van der Waals surface area contributed by atoms with Crippen molar-refractivity contribution in [3.05, 3.63) is 35.4 Å². The third-order valence-electron chi connectivity index (χ3n) is 3.71. The third-order valence-corrected chi connectivity index (χ3v) is 3.93. The first-order valence-corrected chi connectivity index (χ1v) is 7.81. The molecule has 0 atom stereocenters. The Kier molecular flexibility index (Phi) is 5.89. The normalized spacial score (nSPS) is 15.0. The van der Waals surface area contributed by atoms with Crippen LogP contribution in [0.2, 0.25) is 0 Å². The molecule has 1 saturated carbocycles. The van der Waals surface area contributed by atoms with Crippen molar-refractivity contribution in [2.75, 3.05) is 7.11 Å². The first-order valence-electron chi connectivity index (χ1n) is 7.40. The lowest BCUT2D eigenvalue weighted by Crippen LogP contribution is -2.45. The van der Waals surface area contributed by atoms with Crippen LogP contribution < -0.4 is 10.6 Å². The SMILES string of the molecule is COC(=O)c1cccc(C(=O)NC(=S)NC2CCCCC2)c1. The van der Waals surface area contributed by atoms with Gasteiger partial charge in [0.15, 0.2) is 5.11 Å². The van der Waals surface area contributed by atoms with Crippen LogP contribution in [0.1, 0.15) is 52.8 Å². The van der Waals surface area contributed by atoms with Crippen molar-refractivity contribution in [1.82, 2.24) is 10.6 Å². The summed E-state index contributed by atoms with van der Waals surface area (Å²) in [5.74, 6) is -0.809. The van der Waals surface area contributed by atoms with Gasteiger partial charge < -0.3 is 10.1 Å². The summed E-state index contributed by atoms with van der Waals surface area (Å²) < 4.78 is 4.64. The van der Waals surface area contributed by atoms with E-state index in [9.17, 15) is 9.59 Å². The molecule has 0 bridgehead atoms. The highest BCUT2D eigenvalue weighted by Crippen LogP contribution is 2.17. The molecular weight excluding hydrogens is 300 g/mol. The van der Waals surface area contributed by atoms with Crippen LogP contribution >= 0.6 is 12.2 Å². The molecule has 1 aliphatic rings. The zero-order chi connectivity index (χ0) is 15.9. The molecule has 0 unspecified atom stereocenters.